The van der Waals surface area contributed by atoms with Crippen molar-refractivity contribution in [2.75, 3.05) is 0 Å². The summed E-state index contributed by atoms with van der Waals surface area (Å²) >= 11 is 0. The van der Waals surface area contributed by atoms with Crippen molar-refractivity contribution in [2.24, 2.45) is 39.9 Å². The molecule has 5 aliphatic heterocycles. The van der Waals surface area contributed by atoms with Crippen molar-refractivity contribution in [2.45, 2.75) is 0 Å². The molecule has 0 aliphatic carbocycles. The van der Waals surface area contributed by atoms with Gasteiger partial charge in [-0.1, -0.05) is 54.6 Å². The minimum absolute atomic E-state index is 0.538. The van der Waals surface area contributed by atoms with Gasteiger partial charge in [-0.2, -0.15) is 0 Å². The maximum Gasteiger partial charge on any atom is 0.156 e. The van der Waals surface area contributed by atoms with Gasteiger partial charge in [0, 0.05) is 18.0 Å². The van der Waals surface area contributed by atoms with Crippen LogP contribution in [0.25, 0.3) is 86.7 Å². The molecular formula is C54H30N10. The number of amidine groups is 8. The Morgan fingerprint density at radius 3 is 1.03 bits per heavy atom. The van der Waals surface area contributed by atoms with Crippen LogP contribution >= 0.6 is 0 Å². The molecule has 9 aromatic rings. The fourth-order valence-corrected chi connectivity index (χ4v) is 8.77. The molecule has 0 N–H and O–H groups in total. The monoisotopic (exact) mass is 818 g/mol. The number of benzene rings is 8. The minimum atomic E-state index is 0.538. The highest BCUT2D eigenvalue weighted by Crippen LogP contribution is 2.37. The van der Waals surface area contributed by atoms with Crippen LogP contribution < -0.4 is 0 Å². The Labute approximate surface area is 364 Å². The molecule has 8 aromatic carbocycles. The third kappa shape index (κ3) is 6.45. The van der Waals surface area contributed by atoms with Crippen LogP contribution in [0.2, 0.25) is 0 Å². The lowest BCUT2D eigenvalue weighted by Gasteiger charge is -2.12. The Kier molecular flexibility index (Phi) is 7.97. The number of nitrogens with zero attached hydrogens (tertiary/aromatic N) is 10. The van der Waals surface area contributed by atoms with Crippen LogP contribution in [-0.2, 0) is 0 Å². The number of hydrogen-bond donors (Lipinski definition) is 0. The number of fused-ring (bicyclic) bond motifs is 12. The normalized spacial score (nSPS) is 19.2. The molecule has 0 atom stereocenters. The van der Waals surface area contributed by atoms with E-state index < -0.39 is 0 Å². The van der Waals surface area contributed by atoms with E-state index in [2.05, 4.69) is 165 Å². The van der Waals surface area contributed by atoms with E-state index in [0.717, 1.165) is 11.3 Å². The molecule has 10 heteroatoms. The zero-order chi connectivity index (χ0) is 42.1. The van der Waals surface area contributed by atoms with Gasteiger partial charge in [-0.25, -0.2) is 39.9 Å². The fourth-order valence-electron chi connectivity index (χ4n) is 8.77. The Bertz CT molecular complexity index is 3800. The molecule has 0 saturated carbocycles. The zero-order valence-corrected chi connectivity index (χ0v) is 33.8. The second-order valence-electron chi connectivity index (χ2n) is 15.9. The first kappa shape index (κ1) is 35.7. The van der Waals surface area contributed by atoms with Gasteiger partial charge in [-0.05, 0) is 185 Å². The number of rotatable bonds is 1. The predicted molar refractivity (Wildman–Crippen MR) is 266 cm³/mol. The van der Waals surface area contributed by atoms with Gasteiger partial charge in [0.15, 0.2) is 46.7 Å². The summed E-state index contributed by atoms with van der Waals surface area (Å²) in [6, 6.07) is 42.9. The second kappa shape index (κ2) is 14.3. The molecule has 0 radical (unpaired) electrons. The lowest BCUT2D eigenvalue weighted by atomic mass is 9.93. The van der Waals surface area contributed by atoms with Crippen LogP contribution in [0, 0.1) is 0 Å². The molecule has 64 heavy (non-hydrogen) atoms. The highest BCUT2D eigenvalue weighted by molar-refractivity contribution is 6.28. The summed E-state index contributed by atoms with van der Waals surface area (Å²) in [5, 5.41) is 17.6. The first-order valence-electron chi connectivity index (χ1n) is 20.8. The van der Waals surface area contributed by atoms with Crippen LogP contribution in [0.5, 0.6) is 0 Å². The Balaban J connectivity index is 0.000000147. The SMILES string of the molecule is C1=C/C2=N/C3=NC(=N\C4=NC(=N\C5=NC(=N\C1=N2)/C=C5)/C=C4)/C=C3.c1ccc2cc3cc4cc5c(ccc6cc7cc8cccc(-c9cnccn9)c8cc7cc65)cc4cc3cc2c1. The van der Waals surface area contributed by atoms with Crippen LogP contribution in [0.15, 0.2) is 222 Å². The van der Waals surface area contributed by atoms with Gasteiger partial charge in [0.2, 0.25) is 0 Å². The molecule has 0 amide bonds. The van der Waals surface area contributed by atoms with Gasteiger partial charge in [0.05, 0.1) is 11.9 Å². The molecular weight excluding hydrogens is 789 g/mol. The summed E-state index contributed by atoms with van der Waals surface area (Å²) in [6.07, 6.45) is 19.5. The third-order valence-corrected chi connectivity index (χ3v) is 11.8. The molecule has 0 saturated heterocycles. The summed E-state index contributed by atoms with van der Waals surface area (Å²) in [5.74, 6) is 4.30. The first-order valence-corrected chi connectivity index (χ1v) is 20.8. The van der Waals surface area contributed by atoms with Crippen LogP contribution in [0.1, 0.15) is 0 Å². The molecule has 6 heterocycles. The maximum absolute atomic E-state index is 4.57. The smallest absolute Gasteiger partial charge is 0.156 e. The molecule has 296 valence electrons. The van der Waals surface area contributed by atoms with Gasteiger partial charge in [-0.3, -0.25) is 9.97 Å². The van der Waals surface area contributed by atoms with Crippen molar-refractivity contribution in [3.8, 4) is 11.3 Å². The van der Waals surface area contributed by atoms with Gasteiger partial charge < -0.3 is 0 Å². The van der Waals surface area contributed by atoms with Crippen LogP contribution in [0.3, 0.4) is 0 Å². The van der Waals surface area contributed by atoms with Crippen molar-refractivity contribution in [3.05, 3.63) is 182 Å². The average Bonchev–Trinajstić information content (AvgIpc) is 4.16. The van der Waals surface area contributed by atoms with Gasteiger partial charge in [0.25, 0.3) is 0 Å². The van der Waals surface area contributed by atoms with Crippen LogP contribution in [0.4, 0.5) is 0 Å². The molecule has 8 bridgehead atoms. The predicted octanol–water partition coefficient (Wildman–Crippen LogP) is 11.7. The summed E-state index contributed by atoms with van der Waals surface area (Å²) in [6.45, 7) is 0. The summed E-state index contributed by atoms with van der Waals surface area (Å²) < 4.78 is 0. The number of hydrogen-bond acceptors (Lipinski definition) is 10. The van der Waals surface area contributed by atoms with Gasteiger partial charge >= 0.3 is 0 Å². The van der Waals surface area contributed by atoms with Crippen LogP contribution in [-0.4, -0.2) is 56.7 Å². The number of aliphatic imine (C=N–C) groups is 8. The average molecular weight is 819 g/mol. The van der Waals surface area contributed by atoms with Crippen molar-refractivity contribution in [3.63, 3.8) is 0 Å². The molecule has 1 aromatic heterocycles. The quantitative estimate of drug-likeness (QED) is 0.121. The Morgan fingerprint density at radius 2 is 0.609 bits per heavy atom. The number of aromatic nitrogens is 2. The lowest BCUT2D eigenvalue weighted by Crippen LogP contribution is -1.98. The fraction of sp³-hybridized carbons (Fsp3) is 0. The summed E-state index contributed by atoms with van der Waals surface area (Å²) in [7, 11) is 0. The van der Waals surface area contributed by atoms with E-state index >= 15 is 0 Å². The molecule has 10 nitrogen and oxygen atoms in total. The van der Waals surface area contributed by atoms with E-state index in [0.29, 0.717) is 46.7 Å². The maximum atomic E-state index is 4.57. The third-order valence-electron chi connectivity index (χ3n) is 11.8. The van der Waals surface area contributed by atoms with Crippen molar-refractivity contribution in [1.82, 2.24) is 9.97 Å². The molecule has 0 fully saturated rings. The zero-order valence-electron chi connectivity index (χ0n) is 33.8. The molecule has 14 rings (SSSR count). The summed E-state index contributed by atoms with van der Waals surface area (Å²) in [4.78, 5) is 43.7. The van der Waals surface area contributed by atoms with E-state index in [1.54, 1.807) is 61.0 Å². The van der Waals surface area contributed by atoms with E-state index in [1.165, 1.54) is 75.4 Å². The second-order valence-corrected chi connectivity index (χ2v) is 15.9. The molecule has 0 spiro atoms. The van der Waals surface area contributed by atoms with Gasteiger partial charge in [-0.15, -0.1) is 0 Å². The minimum Gasteiger partial charge on any atom is -0.261 e. The highest BCUT2D eigenvalue weighted by atomic mass is 15.1. The van der Waals surface area contributed by atoms with E-state index in [-0.39, 0.29) is 0 Å². The van der Waals surface area contributed by atoms with Crippen molar-refractivity contribution >= 4 is 122 Å². The van der Waals surface area contributed by atoms with Crippen molar-refractivity contribution < 1.29 is 0 Å². The standard InChI is InChI=1S/C38H22N2.C16H8N8/c1-2-5-24-13-29-18-32-19-36-27(16-31(32)17-28(29)12-23(24)4-1)9-8-26-15-30-14-25-6-3-7-34(38-22-39-10-11-40-38)35(25)20-33(30)21-37(26)36;1-2-10-17-9(1)21-11-3-4-13(18-11)23-15-7-8-16(20-15)24-14-6-5-12(19-14)22-10/h1-22H;1-8H/b;21-9-,21-11?,22-10?,22-12-,23-13-,23-15?,24-14?,24-16-. The largest absolute Gasteiger partial charge is 0.261 e. The Hall–Kier alpha value is -9.02. The Morgan fingerprint density at radius 1 is 0.266 bits per heavy atom. The lowest BCUT2D eigenvalue weighted by molar-refractivity contribution is 1.21. The molecule has 5 aliphatic rings. The van der Waals surface area contributed by atoms with Gasteiger partial charge in [0.1, 0.15) is 0 Å². The summed E-state index contributed by atoms with van der Waals surface area (Å²) in [5.41, 5.74) is 2.00. The van der Waals surface area contributed by atoms with E-state index in [1.807, 2.05) is 6.20 Å². The van der Waals surface area contributed by atoms with Crippen molar-refractivity contribution in [1.29, 1.82) is 0 Å². The van der Waals surface area contributed by atoms with E-state index in [9.17, 15) is 0 Å². The molecule has 0 unspecified atom stereocenters. The highest BCUT2D eigenvalue weighted by Gasteiger charge is 2.15. The topological polar surface area (TPSA) is 125 Å². The van der Waals surface area contributed by atoms with E-state index in [4.69, 9.17) is 0 Å². The first-order chi connectivity index (χ1) is 31.6.